The highest BCUT2D eigenvalue weighted by Gasteiger charge is 2.32. The lowest BCUT2D eigenvalue weighted by Crippen LogP contribution is -2.32. The third kappa shape index (κ3) is 7.60. The van der Waals surface area contributed by atoms with E-state index in [0.717, 1.165) is 36.8 Å². The summed E-state index contributed by atoms with van der Waals surface area (Å²) < 4.78 is 14.3. The largest absolute Gasteiger partial charge is 0.299 e. The smallest absolute Gasteiger partial charge is 0.138 e. The molecule has 1 nitrogen and oxygen atoms in total. The van der Waals surface area contributed by atoms with Crippen molar-refractivity contribution in [2.75, 3.05) is 0 Å². The number of aryl methyl sites for hydroxylation is 1. The Hall–Kier alpha value is -1.18. The molecule has 0 aliphatic carbocycles. The second kappa shape index (κ2) is 13.1. The number of carbonyl (C=O) groups is 1. The van der Waals surface area contributed by atoms with E-state index in [2.05, 4.69) is 20.8 Å². The first kappa shape index (κ1) is 24.8. The monoisotopic (exact) mass is 364 g/mol. The Bertz CT molecular complexity index is 515. The molecule has 0 fully saturated rings. The van der Waals surface area contributed by atoms with Gasteiger partial charge in [-0.2, -0.15) is 0 Å². The molecule has 0 aliphatic rings. The number of Topliss-reactive ketones (excluding diaryl/α,β-unsaturated/α-hetero) is 1. The van der Waals surface area contributed by atoms with Gasteiger partial charge in [-0.25, -0.2) is 4.39 Å². The summed E-state index contributed by atoms with van der Waals surface area (Å²) in [7, 11) is 0. The fraction of sp³-hybridized carbons (Fsp3) is 0.708. The summed E-state index contributed by atoms with van der Waals surface area (Å²) in [5.74, 6) is 0.891. The summed E-state index contributed by atoms with van der Waals surface area (Å²) in [5, 5.41) is 0. The molecule has 0 saturated carbocycles. The Kier molecular flexibility index (Phi) is 12.5. The Morgan fingerprint density at radius 1 is 1.04 bits per heavy atom. The Morgan fingerprint density at radius 2 is 1.58 bits per heavy atom. The summed E-state index contributed by atoms with van der Waals surface area (Å²) in [4.78, 5) is 12.6. The zero-order valence-corrected chi connectivity index (χ0v) is 18.4. The van der Waals surface area contributed by atoms with Crippen LogP contribution in [0.5, 0.6) is 0 Å². The Labute approximate surface area is 161 Å². The van der Waals surface area contributed by atoms with E-state index in [0.29, 0.717) is 18.1 Å². The molecule has 2 atom stereocenters. The van der Waals surface area contributed by atoms with Gasteiger partial charge in [-0.3, -0.25) is 4.79 Å². The van der Waals surface area contributed by atoms with Crippen LogP contribution in [-0.4, -0.2) is 5.78 Å². The predicted molar refractivity (Wildman–Crippen MR) is 112 cm³/mol. The third-order valence-electron chi connectivity index (χ3n) is 5.24. The highest BCUT2D eigenvalue weighted by atomic mass is 19.1. The summed E-state index contributed by atoms with van der Waals surface area (Å²) in [6.45, 7) is 16.4. The number of carbonyl (C=O) groups excluding carboxylic acids is 1. The van der Waals surface area contributed by atoms with Crippen LogP contribution in [0, 0.1) is 36.4 Å². The number of rotatable bonds is 10. The number of hydrogen-bond acceptors (Lipinski definition) is 1. The third-order valence-corrected chi connectivity index (χ3v) is 5.24. The summed E-state index contributed by atoms with van der Waals surface area (Å²) in [6, 6.07) is 5.32. The molecule has 0 heterocycles. The zero-order valence-electron chi connectivity index (χ0n) is 18.4. The Morgan fingerprint density at radius 3 is 2.04 bits per heavy atom. The van der Waals surface area contributed by atoms with Crippen molar-refractivity contribution in [2.45, 2.75) is 87.5 Å². The highest BCUT2D eigenvalue weighted by molar-refractivity contribution is 5.82. The van der Waals surface area contributed by atoms with Crippen LogP contribution in [0.25, 0.3) is 0 Å². The van der Waals surface area contributed by atoms with E-state index in [-0.39, 0.29) is 23.6 Å². The lowest BCUT2D eigenvalue weighted by molar-refractivity contribution is -0.127. The van der Waals surface area contributed by atoms with Crippen LogP contribution in [0.15, 0.2) is 18.2 Å². The molecule has 2 unspecified atom stereocenters. The van der Waals surface area contributed by atoms with Crippen LogP contribution in [0.1, 0.15) is 85.3 Å². The van der Waals surface area contributed by atoms with Crippen LogP contribution in [0.2, 0.25) is 0 Å². The van der Waals surface area contributed by atoms with Gasteiger partial charge in [0, 0.05) is 11.8 Å². The van der Waals surface area contributed by atoms with Gasteiger partial charge in [-0.15, -0.1) is 0 Å². The number of halogens is 1. The lowest BCUT2D eigenvalue weighted by atomic mass is 9.72. The second-order valence-corrected chi connectivity index (χ2v) is 7.65. The molecule has 1 rings (SSSR count). The minimum Gasteiger partial charge on any atom is -0.299 e. The van der Waals surface area contributed by atoms with E-state index in [4.69, 9.17) is 0 Å². The molecule has 0 bridgehead atoms. The van der Waals surface area contributed by atoms with Crippen molar-refractivity contribution in [1.82, 2.24) is 0 Å². The maximum atomic E-state index is 14.3. The van der Waals surface area contributed by atoms with E-state index in [9.17, 15) is 9.18 Å². The molecule has 0 amide bonds. The van der Waals surface area contributed by atoms with Crippen molar-refractivity contribution in [2.24, 2.45) is 23.7 Å². The van der Waals surface area contributed by atoms with Crippen molar-refractivity contribution in [3.63, 3.8) is 0 Å². The molecule has 26 heavy (non-hydrogen) atoms. The van der Waals surface area contributed by atoms with E-state index < -0.39 is 0 Å². The quantitative estimate of drug-likeness (QED) is 0.423. The molecule has 0 spiro atoms. The fourth-order valence-electron chi connectivity index (χ4n) is 3.92. The van der Waals surface area contributed by atoms with Crippen LogP contribution < -0.4 is 0 Å². The zero-order chi connectivity index (χ0) is 20.3. The van der Waals surface area contributed by atoms with Gasteiger partial charge >= 0.3 is 0 Å². The molecular formula is C24H41FO. The van der Waals surface area contributed by atoms with Crippen molar-refractivity contribution in [3.05, 3.63) is 35.1 Å². The van der Waals surface area contributed by atoms with E-state index >= 15 is 0 Å². The Balaban J connectivity index is 0.00000301. The molecule has 1 aromatic rings. The van der Waals surface area contributed by atoms with Gasteiger partial charge in [0.2, 0.25) is 0 Å². The molecule has 1 aromatic carbocycles. The minimum absolute atomic E-state index is 0.0204. The van der Waals surface area contributed by atoms with Crippen LogP contribution >= 0.6 is 0 Å². The first-order valence-corrected chi connectivity index (χ1v) is 10.6. The van der Waals surface area contributed by atoms with Crippen molar-refractivity contribution >= 4 is 5.78 Å². The minimum atomic E-state index is -0.137. The predicted octanol–water partition coefficient (Wildman–Crippen LogP) is 7.40. The van der Waals surface area contributed by atoms with Crippen LogP contribution in [-0.2, 0) is 11.2 Å². The average molecular weight is 365 g/mol. The number of ketones is 1. The summed E-state index contributed by atoms with van der Waals surface area (Å²) >= 11 is 0. The SMILES string of the molecule is CC.CCCC(CCC)C(Cc1cc(C)ccc1F)C(C)C(=O)C(C)C. The maximum absolute atomic E-state index is 14.3. The summed E-state index contributed by atoms with van der Waals surface area (Å²) in [5.41, 5.74) is 1.84. The van der Waals surface area contributed by atoms with Crippen molar-refractivity contribution < 1.29 is 9.18 Å². The van der Waals surface area contributed by atoms with Gasteiger partial charge in [0.05, 0.1) is 0 Å². The standard InChI is InChI=1S/C22H35FO.C2H6/c1-7-9-18(10-8-2)20(17(6)22(24)15(3)4)14-19-13-16(5)11-12-21(19)23;1-2/h11-13,15,17-18,20H,7-10,14H2,1-6H3;1-2H3. The topological polar surface area (TPSA) is 17.1 Å². The maximum Gasteiger partial charge on any atom is 0.138 e. The fourth-order valence-corrected chi connectivity index (χ4v) is 3.92. The molecule has 150 valence electrons. The molecular weight excluding hydrogens is 323 g/mol. The molecule has 0 saturated heterocycles. The lowest BCUT2D eigenvalue weighted by Gasteiger charge is -2.32. The highest BCUT2D eigenvalue weighted by Crippen LogP contribution is 2.34. The molecule has 0 aliphatic heterocycles. The van der Waals surface area contributed by atoms with Gasteiger partial charge in [0.15, 0.2) is 0 Å². The van der Waals surface area contributed by atoms with Gasteiger partial charge in [-0.1, -0.05) is 91.8 Å². The molecule has 0 aromatic heterocycles. The molecule has 2 heteroatoms. The van der Waals surface area contributed by atoms with Gasteiger partial charge in [-0.05, 0) is 36.8 Å². The van der Waals surface area contributed by atoms with E-state index in [1.807, 2.05) is 46.8 Å². The van der Waals surface area contributed by atoms with Gasteiger partial charge in [0.25, 0.3) is 0 Å². The first-order valence-electron chi connectivity index (χ1n) is 10.6. The first-order chi connectivity index (χ1) is 12.3. The second-order valence-electron chi connectivity index (χ2n) is 7.65. The molecule has 0 radical (unpaired) electrons. The number of benzene rings is 1. The molecule has 0 N–H and O–H groups in total. The van der Waals surface area contributed by atoms with Crippen molar-refractivity contribution in [3.8, 4) is 0 Å². The van der Waals surface area contributed by atoms with Gasteiger partial charge < -0.3 is 0 Å². The van der Waals surface area contributed by atoms with Crippen LogP contribution in [0.3, 0.4) is 0 Å². The van der Waals surface area contributed by atoms with Crippen molar-refractivity contribution in [1.29, 1.82) is 0 Å². The average Bonchev–Trinajstić information content (AvgIpc) is 2.62. The van der Waals surface area contributed by atoms with E-state index in [1.165, 1.54) is 0 Å². The van der Waals surface area contributed by atoms with Gasteiger partial charge in [0.1, 0.15) is 11.6 Å². The summed E-state index contributed by atoms with van der Waals surface area (Å²) in [6.07, 6.45) is 5.11. The van der Waals surface area contributed by atoms with Crippen LogP contribution in [0.4, 0.5) is 4.39 Å². The normalized spacial score (nSPS) is 13.3. The number of hydrogen-bond donors (Lipinski definition) is 0. The van der Waals surface area contributed by atoms with E-state index in [1.54, 1.807) is 6.07 Å².